The Kier molecular flexibility index (Phi) is 6.01. The van der Waals surface area contributed by atoms with Gasteiger partial charge in [-0.15, -0.1) is 0 Å². The molecule has 0 heterocycles. The number of amides is 2. The second-order valence-corrected chi connectivity index (χ2v) is 9.51. The Bertz CT molecular complexity index is 751. The van der Waals surface area contributed by atoms with Crippen molar-refractivity contribution in [2.75, 3.05) is 6.61 Å². The van der Waals surface area contributed by atoms with Gasteiger partial charge in [0.1, 0.15) is 11.4 Å². The van der Waals surface area contributed by atoms with Crippen LogP contribution in [0.2, 0.25) is 5.02 Å². The molecule has 4 rings (SSSR count). The van der Waals surface area contributed by atoms with Crippen molar-refractivity contribution < 1.29 is 24.2 Å². The molecule has 29 heavy (non-hydrogen) atoms. The molecule has 2 amide bonds. The fourth-order valence-corrected chi connectivity index (χ4v) is 4.31. The number of rotatable bonds is 5. The lowest BCUT2D eigenvalue weighted by atomic mass is 9.60. The van der Waals surface area contributed by atoms with Crippen LogP contribution in [-0.4, -0.2) is 46.5 Å². The lowest BCUT2D eigenvalue weighted by Gasteiger charge is -2.56. The topological polar surface area (TPSA) is 96.9 Å². The monoisotopic (exact) mass is 424 g/mol. The molecule has 0 aromatic heterocycles. The standard InChI is InChI=1S/C21H29ClN2O5/c1-19(2,3)29-18(27)24-21-10-8-20(9-11-21,12-16(21)25)23-17(26)13-28-15-6-4-14(22)5-7-15/h4-7,16,25H,8-13H2,1-3H3,(H,23,26)(H,24,27)/t16-,20?,21?/m1/s1. The lowest BCUT2D eigenvalue weighted by Crippen LogP contribution is -2.70. The Labute approximate surface area is 176 Å². The number of hydrogen-bond donors (Lipinski definition) is 3. The minimum Gasteiger partial charge on any atom is -0.484 e. The Balaban J connectivity index is 1.54. The third-order valence-corrected chi connectivity index (χ3v) is 5.91. The fourth-order valence-electron chi connectivity index (χ4n) is 4.18. The summed E-state index contributed by atoms with van der Waals surface area (Å²) in [4.78, 5) is 24.6. The highest BCUT2D eigenvalue weighted by Crippen LogP contribution is 2.47. The first-order chi connectivity index (χ1) is 13.5. The molecule has 2 bridgehead atoms. The van der Waals surface area contributed by atoms with E-state index in [4.69, 9.17) is 21.1 Å². The van der Waals surface area contributed by atoms with Gasteiger partial charge in [0.15, 0.2) is 6.61 Å². The summed E-state index contributed by atoms with van der Waals surface area (Å²) in [7, 11) is 0. The molecule has 3 N–H and O–H groups in total. The number of nitrogens with one attached hydrogen (secondary N) is 2. The summed E-state index contributed by atoms with van der Waals surface area (Å²) in [6.07, 6.45) is 1.60. The van der Waals surface area contributed by atoms with Crippen molar-refractivity contribution in [1.29, 1.82) is 0 Å². The van der Waals surface area contributed by atoms with E-state index in [0.717, 1.165) is 0 Å². The summed E-state index contributed by atoms with van der Waals surface area (Å²) in [5.41, 5.74) is -1.78. The van der Waals surface area contributed by atoms with Crippen LogP contribution in [0.4, 0.5) is 4.79 Å². The molecule has 1 atom stereocenters. The highest BCUT2D eigenvalue weighted by molar-refractivity contribution is 6.30. The minimum atomic E-state index is -0.755. The second kappa shape index (κ2) is 8.03. The van der Waals surface area contributed by atoms with Crippen LogP contribution >= 0.6 is 11.6 Å². The number of carbonyl (C=O) groups is 2. The van der Waals surface area contributed by atoms with Crippen LogP contribution in [0.15, 0.2) is 24.3 Å². The highest BCUT2D eigenvalue weighted by atomic mass is 35.5. The van der Waals surface area contributed by atoms with Gasteiger partial charge in [0.25, 0.3) is 5.91 Å². The first-order valence-corrected chi connectivity index (χ1v) is 10.3. The summed E-state index contributed by atoms with van der Waals surface area (Å²) in [5.74, 6) is 0.330. The molecule has 0 aliphatic heterocycles. The molecule has 0 spiro atoms. The largest absolute Gasteiger partial charge is 0.484 e. The van der Waals surface area contributed by atoms with Crippen LogP contribution in [0.25, 0.3) is 0 Å². The van der Waals surface area contributed by atoms with Gasteiger partial charge in [0.2, 0.25) is 0 Å². The van der Waals surface area contributed by atoms with Crippen molar-refractivity contribution in [1.82, 2.24) is 10.6 Å². The van der Waals surface area contributed by atoms with Crippen LogP contribution in [-0.2, 0) is 9.53 Å². The molecule has 3 aliphatic carbocycles. The summed E-state index contributed by atoms with van der Waals surface area (Å²) in [6, 6.07) is 6.80. The number of ether oxygens (including phenoxy) is 2. The van der Waals surface area contributed by atoms with Crippen LogP contribution in [0.5, 0.6) is 5.75 Å². The van der Waals surface area contributed by atoms with E-state index < -0.39 is 28.9 Å². The number of aliphatic hydroxyl groups is 1. The molecule has 3 saturated carbocycles. The van der Waals surface area contributed by atoms with Crippen molar-refractivity contribution in [3.8, 4) is 5.75 Å². The van der Waals surface area contributed by atoms with Gasteiger partial charge in [-0.2, -0.15) is 0 Å². The van der Waals surface area contributed by atoms with Crippen molar-refractivity contribution in [2.45, 2.75) is 75.7 Å². The van der Waals surface area contributed by atoms with Crippen molar-refractivity contribution >= 4 is 23.6 Å². The molecule has 8 heteroatoms. The maximum absolute atomic E-state index is 12.4. The number of carbonyl (C=O) groups excluding carboxylic acids is 2. The number of fused-ring (bicyclic) bond motifs is 3. The zero-order valence-electron chi connectivity index (χ0n) is 17.1. The molecule has 160 valence electrons. The smallest absolute Gasteiger partial charge is 0.408 e. The van der Waals surface area contributed by atoms with Crippen LogP contribution in [0.3, 0.4) is 0 Å². The van der Waals surface area contributed by atoms with E-state index in [0.29, 0.717) is 42.9 Å². The second-order valence-electron chi connectivity index (χ2n) is 9.07. The predicted molar refractivity (Wildman–Crippen MR) is 109 cm³/mol. The summed E-state index contributed by atoms with van der Waals surface area (Å²) in [5, 5.41) is 17.3. The molecule has 3 aliphatic rings. The maximum Gasteiger partial charge on any atom is 0.408 e. The van der Waals surface area contributed by atoms with E-state index in [1.54, 1.807) is 45.0 Å². The van der Waals surface area contributed by atoms with Gasteiger partial charge in [0, 0.05) is 10.6 Å². The Morgan fingerprint density at radius 2 is 1.76 bits per heavy atom. The summed E-state index contributed by atoms with van der Waals surface area (Å²) >= 11 is 5.84. The lowest BCUT2D eigenvalue weighted by molar-refractivity contribution is -0.129. The molecular weight excluding hydrogens is 396 g/mol. The Hall–Kier alpha value is -1.99. The molecule has 0 radical (unpaired) electrons. The van der Waals surface area contributed by atoms with Crippen molar-refractivity contribution in [3.63, 3.8) is 0 Å². The van der Waals surface area contributed by atoms with Gasteiger partial charge in [-0.05, 0) is 77.1 Å². The predicted octanol–water partition coefficient (Wildman–Crippen LogP) is 3.18. The van der Waals surface area contributed by atoms with Crippen molar-refractivity contribution in [3.05, 3.63) is 29.3 Å². The molecule has 7 nitrogen and oxygen atoms in total. The first-order valence-electron chi connectivity index (χ1n) is 9.90. The van der Waals surface area contributed by atoms with E-state index in [2.05, 4.69) is 10.6 Å². The van der Waals surface area contributed by atoms with E-state index in [1.165, 1.54) is 0 Å². The molecule has 3 fully saturated rings. The zero-order valence-corrected chi connectivity index (χ0v) is 17.8. The third-order valence-electron chi connectivity index (χ3n) is 5.66. The summed E-state index contributed by atoms with van der Waals surface area (Å²) < 4.78 is 10.9. The average Bonchev–Trinajstić information content (AvgIpc) is 2.61. The Morgan fingerprint density at radius 1 is 1.14 bits per heavy atom. The normalized spacial score (nSPS) is 28.5. The van der Waals surface area contributed by atoms with E-state index in [9.17, 15) is 14.7 Å². The van der Waals surface area contributed by atoms with E-state index in [1.807, 2.05) is 0 Å². The minimum absolute atomic E-state index is 0.110. The van der Waals surface area contributed by atoms with E-state index in [-0.39, 0.29) is 12.5 Å². The van der Waals surface area contributed by atoms with Crippen LogP contribution < -0.4 is 15.4 Å². The first kappa shape index (κ1) is 21.7. The number of aliphatic hydroxyl groups excluding tert-OH is 1. The fraction of sp³-hybridized carbons (Fsp3) is 0.619. The third kappa shape index (κ3) is 5.34. The van der Waals surface area contributed by atoms with Gasteiger partial charge in [-0.1, -0.05) is 11.6 Å². The quantitative estimate of drug-likeness (QED) is 0.674. The molecule has 0 unspecified atom stereocenters. The maximum atomic E-state index is 12.4. The van der Waals surface area contributed by atoms with E-state index >= 15 is 0 Å². The van der Waals surface area contributed by atoms with Gasteiger partial charge >= 0.3 is 6.09 Å². The molecule has 1 aromatic carbocycles. The zero-order chi connectivity index (χ0) is 21.3. The number of alkyl carbamates (subject to hydrolysis) is 1. The van der Waals surface area contributed by atoms with Crippen LogP contribution in [0, 0.1) is 0 Å². The average molecular weight is 425 g/mol. The van der Waals surface area contributed by atoms with Crippen molar-refractivity contribution in [2.24, 2.45) is 0 Å². The van der Waals surface area contributed by atoms with Gasteiger partial charge in [-0.3, -0.25) is 4.79 Å². The van der Waals surface area contributed by atoms with Gasteiger partial charge in [-0.25, -0.2) is 4.79 Å². The number of benzene rings is 1. The number of hydrogen-bond acceptors (Lipinski definition) is 5. The molecular formula is C21H29ClN2O5. The summed E-state index contributed by atoms with van der Waals surface area (Å²) in [6.45, 7) is 5.29. The Morgan fingerprint density at radius 3 is 2.31 bits per heavy atom. The highest BCUT2D eigenvalue weighted by Gasteiger charge is 2.55. The number of halogens is 1. The van der Waals surface area contributed by atoms with Crippen LogP contribution in [0.1, 0.15) is 52.9 Å². The molecule has 1 aromatic rings. The van der Waals surface area contributed by atoms with Gasteiger partial charge < -0.3 is 25.2 Å². The molecule has 0 saturated heterocycles. The SMILES string of the molecule is CC(C)(C)OC(=O)NC12CCC(NC(=O)COc3ccc(Cl)cc3)(CC1)C[C@H]2O. The van der Waals surface area contributed by atoms with Gasteiger partial charge in [0.05, 0.1) is 11.6 Å².